The standard InChI is InChI=1S/C15H23F3N2O2/c1-2-10-7-12(10)20(13(21)15(16,17)18)11-8-14(22-9-11)3-5-19-6-4-14/h10-12,19H,2-9H2,1H3/t10-,11?,12-/m1/s1. The maximum atomic E-state index is 13.0. The van der Waals surface area contributed by atoms with E-state index >= 15 is 0 Å². The topological polar surface area (TPSA) is 41.6 Å². The lowest BCUT2D eigenvalue weighted by molar-refractivity contribution is -0.188. The fraction of sp³-hybridized carbons (Fsp3) is 0.933. The first-order valence-electron chi connectivity index (χ1n) is 8.10. The molecule has 2 aliphatic heterocycles. The van der Waals surface area contributed by atoms with Gasteiger partial charge in [-0.15, -0.1) is 0 Å². The molecule has 0 aromatic heterocycles. The minimum absolute atomic E-state index is 0.205. The Morgan fingerprint density at radius 1 is 1.36 bits per heavy atom. The van der Waals surface area contributed by atoms with Crippen molar-refractivity contribution in [3.8, 4) is 0 Å². The van der Waals surface area contributed by atoms with Crippen LogP contribution in [0.4, 0.5) is 13.2 Å². The third kappa shape index (κ3) is 2.97. The lowest BCUT2D eigenvalue weighted by Gasteiger charge is -2.34. The van der Waals surface area contributed by atoms with Crippen LogP contribution in [0.3, 0.4) is 0 Å². The highest BCUT2D eigenvalue weighted by Crippen LogP contribution is 2.45. The predicted molar refractivity (Wildman–Crippen MR) is 74.3 cm³/mol. The average Bonchev–Trinajstić information content (AvgIpc) is 3.14. The molecule has 0 aromatic carbocycles. The first-order valence-corrected chi connectivity index (χ1v) is 8.10. The molecule has 1 amide bonds. The molecule has 3 rings (SSSR count). The van der Waals surface area contributed by atoms with Gasteiger partial charge in [-0.2, -0.15) is 13.2 Å². The van der Waals surface area contributed by atoms with Crippen LogP contribution in [-0.4, -0.2) is 54.4 Å². The van der Waals surface area contributed by atoms with Crippen molar-refractivity contribution in [2.24, 2.45) is 5.92 Å². The molecule has 1 spiro atoms. The van der Waals surface area contributed by atoms with Crippen LogP contribution < -0.4 is 5.32 Å². The zero-order valence-electron chi connectivity index (χ0n) is 12.8. The van der Waals surface area contributed by atoms with E-state index in [1.807, 2.05) is 6.92 Å². The van der Waals surface area contributed by atoms with Crippen molar-refractivity contribution < 1.29 is 22.7 Å². The van der Waals surface area contributed by atoms with E-state index in [0.717, 1.165) is 37.3 Å². The molecule has 1 saturated carbocycles. The van der Waals surface area contributed by atoms with E-state index in [1.165, 1.54) is 0 Å². The van der Waals surface area contributed by atoms with E-state index in [4.69, 9.17) is 4.74 Å². The molecule has 1 unspecified atom stereocenters. The van der Waals surface area contributed by atoms with Crippen LogP contribution in [0.1, 0.15) is 39.0 Å². The average molecular weight is 320 g/mol. The number of amides is 1. The molecule has 3 aliphatic rings. The van der Waals surface area contributed by atoms with Crippen molar-refractivity contribution in [3.05, 3.63) is 0 Å². The van der Waals surface area contributed by atoms with E-state index in [9.17, 15) is 18.0 Å². The number of alkyl halides is 3. The summed E-state index contributed by atoms with van der Waals surface area (Å²) in [6, 6.07) is -0.696. The van der Waals surface area contributed by atoms with Gasteiger partial charge in [-0.05, 0) is 44.7 Å². The zero-order chi connectivity index (χ0) is 16.0. The van der Waals surface area contributed by atoms with Crippen LogP contribution >= 0.6 is 0 Å². The molecule has 3 atom stereocenters. The fourth-order valence-electron chi connectivity index (χ4n) is 3.97. The Bertz CT molecular complexity index is 435. The molecule has 2 saturated heterocycles. The summed E-state index contributed by atoms with van der Waals surface area (Å²) in [5.41, 5.74) is -0.337. The lowest BCUT2D eigenvalue weighted by Crippen LogP contribution is -2.50. The molecular weight excluding hydrogens is 297 g/mol. The van der Waals surface area contributed by atoms with Crippen molar-refractivity contribution in [3.63, 3.8) is 0 Å². The molecule has 0 bridgehead atoms. The summed E-state index contributed by atoms with van der Waals surface area (Å²) in [5, 5.41) is 3.24. The Morgan fingerprint density at radius 2 is 2.05 bits per heavy atom. The fourth-order valence-corrected chi connectivity index (χ4v) is 3.97. The first-order chi connectivity index (χ1) is 10.4. The molecule has 4 nitrogen and oxygen atoms in total. The number of hydrogen-bond acceptors (Lipinski definition) is 3. The predicted octanol–water partition coefficient (Wildman–Crippen LogP) is 2.09. The maximum Gasteiger partial charge on any atom is 0.471 e. The van der Waals surface area contributed by atoms with Crippen LogP contribution in [0.5, 0.6) is 0 Å². The van der Waals surface area contributed by atoms with Gasteiger partial charge in [0.05, 0.1) is 18.2 Å². The molecule has 2 heterocycles. The SMILES string of the molecule is CC[C@@H]1C[C@H]1N(C(=O)C(F)(F)F)C1COC2(CCNCC2)C1. The molecule has 0 aromatic rings. The van der Waals surface area contributed by atoms with Crippen LogP contribution in [0.15, 0.2) is 0 Å². The van der Waals surface area contributed by atoms with Gasteiger partial charge in [0.1, 0.15) is 0 Å². The second-order valence-electron chi connectivity index (χ2n) is 6.78. The minimum Gasteiger partial charge on any atom is -0.373 e. The summed E-state index contributed by atoms with van der Waals surface area (Å²) < 4.78 is 44.8. The quantitative estimate of drug-likeness (QED) is 0.866. The lowest BCUT2D eigenvalue weighted by atomic mass is 9.88. The van der Waals surface area contributed by atoms with E-state index in [2.05, 4.69) is 5.32 Å². The highest BCUT2D eigenvalue weighted by Gasteiger charge is 2.55. The number of hydrogen-bond donors (Lipinski definition) is 1. The molecule has 3 fully saturated rings. The number of piperidine rings is 1. The number of rotatable bonds is 3. The first kappa shape index (κ1) is 16.1. The Balaban J connectivity index is 1.74. The monoisotopic (exact) mass is 320 g/mol. The number of nitrogens with zero attached hydrogens (tertiary/aromatic N) is 1. The molecule has 1 aliphatic carbocycles. The van der Waals surface area contributed by atoms with Crippen molar-refractivity contribution in [2.75, 3.05) is 19.7 Å². The summed E-state index contributed by atoms with van der Waals surface area (Å²) in [4.78, 5) is 13.0. The normalized spacial score (nSPS) is 33.9. The molecule has 1 N–H and O–H groups in total. The Labute approximate surface area is 128 Å². The van der Waals surface area contributed by atoms with E-state index in [-0.39, 0.29) is 24.2 Å². The van der Waals surface area contributed by atoms with Gasteiger partial charge in [0, 0.05) is 6.04 Å². The number of nitrogens with one attached hydrogen (secondary N) is 1. The smallest absolute Gasteiger partial charge is 0.373 e. The Morgan fingerprint density at radius 3 is 2.59 bits per heavy atom. The maximum absolute atomic E-state index is 13.0. The second-order valence-corrected chi connectivity index (χ2v) is 6.78. The minimum atomic E-state index is -4.80. The summed E-state index contributed by atoms with van der Waals surface area (Å²) in [6.07, 6.45) is -1.16. The Kier molecular flexibility index (Phi) is 4.14. The van der Waals surface area contributed by atoms with Crippen LogP contribution in [0.2, 0.25) is 0 Å². The van der Waals surface area contributed by atoms with Gasteiger partial charge in [0.2, 0.25) is 0 Å². The number of carbonyl (C=O) groups is 1. The third-order valence-electron chi connectivity index (χ3n) is 5.34. The van der Waals surface area contributed by atoms with Gasteiger partial charge >= 0.3 is 12.1 Å². The number of ether oxygens (including phenoxy) is 1. The number of halogens is 3. The van der Waals surface area contributed by atoms with Gasteiger partial charge in [-0.25, -0.2) is 0 Å². The van der Waals surface area contributed by atoms with Crippen LogP contribution in [0, 0.1) is 5.92 Å². The second kappa shape index (κ2) is 5.67. The number of carbonyl (C=O) groups excluding carboxylic acids is 1. The van der Waals surface area contributed by atoms with Gasteiger partial charge < -0.3 is 15.0 Å². The Hall–Kier alpha value is -0.820. The molecule has 22 heavy (non-hydrogen) atoms. The van der Waals surface area contributed by atoms with Crippen molar-refractivity contribution in [1.82, 2.24) is 10.2 Å². The highest BCUT2D eigenvalue weighted by molar-refractivity contribution is 5.83. The summed E-state index contributed by atoms with van der Waals surface area (Å²) in [6.45, 7) is 3.83. The van der Waals surface area contributed by atoms with Crippen LogP contribution in [-0.2, 0) is 9.53 Å². The van der Waals surface area contributed by atoms with Crippen LogP contribution in [0.25, 0.3) is 0 Å². The van der Waals surface area contributed by atoms with Gasteiger partial charge in [-0.3, -0.25) is 4.79 Å². The summed E-state index contributed by atoms with van der Waals surface area (Å²) in [7, 11) is 0. The third-order valence-corrected chi connectivity index (χ3v) is 5.34. The van der Waals surface area contributed by atoms with E-state index < -0.39 is 18.1 Å². The van der Waals surface area contributed by atoms with Gasteiger partial charge in [0.25, 0.3) is 0 Å². The summed E-state index contributed by atoms with van der Waals surface area (Å²) in [5.74, 6) is -1.48. The molecule has 126 valence electrons. The molecule has 7 heteroatoms. The largest absolute Gasteiger partial charge is 0.471 e. The van der Waals surface area contributed by atoms with Gasteiger partial charge in [0.15, 0.2) is 0 Å². The zero-order valence-corrected chi connectivity index (χ0v) is 12.8. The van der Waals surface area contributed by atoms with Crippen molar-refractivity contribution >= 4 is 5.91 Å². The van der Waals surface area contributed by atoms with E-state index in [1.54, 1.807) is 0 Å². The van der Waals surface area contributed by atoms with E-state index in [0.29, 0.717) is 12.8 Å². The molecular formula is C15H23F3N2O2. The van der Waals surface area contributed by atoms with Crippen molar-refractivity contribution in [1.29, 1.82) is 0 Å². The highest BCUT2D eigenvalue weighted by atomic mass is 19.4. The molecule has 0 radical (unpaired) electrons. The summed E-state index contributed by atoms with van der Waals surface area (Å²) >= 11 is 0. The van der Waals surface area contributed by atoms with Crippen molar-refractivity contribution in [2.45, 2.75) is 62.9 Å². The van der Waals surface area contributed by atoms with Gasteiger partial charge in [-0.1, -0.05) is 13.3 Å².